The maximum atomic E-state index is 13.9. The number of carbonyl (C=O) groups is 1. The first-order valence-corrected chi connectivity index (χ1v) is 14.7. The Morgan fingerprint density at radius 2 is 1.89 bits per heavy atom. The van der Waals surface area contributed by atoms with Gasteiger partial charge in [-0.15, -0.1) is 11.8 Å². The summed E-state index contributed by atoms with van der Waals surface area (Å²) in [4.78, 5) is 28.8. The molecular weight excluding hydrogens is 535 g/mol. The van der Waals surface area contributed by atoms with Crippen molar-refractivity contribution < 1.29 is 32.6 Å². The maximum absolute atomic E-state index is 13.9. The molecule has 3 N–H and O–H groups in total. The minimum Gasteiger partial charge on any atom is -0.462 e. The fraction of sp³-hybridized carbons (Fsp3) is 0.542. The molecule has 1 aromatic heterocycles. The van der Waals surface area contributed by atoms with E-state index in [2.05, 4.69) is 10.1 Å². The van der Waals surface area contributed by atoms with E-state index in [0.29, 0.717) is 5.75 Å². The Kier molecular flexibility index (Phi) is 8.55. The molecule has 0 radical (unpaired) electrons. The van der Waals surface area contributed by atoms with Gasteiger partial charge in [0.05, 0.1) is 18.0 Å². The molecule has 12 nitrogen and oxygen atoms in total. The van der Waals surface area contributed by atoms with Crippen molar-refractivity contribution in [1.29, 1.82) is 0 Å². The van der Waals surface area contributed by atoms with Crippen LogP contribution >= 0.6 is 19.5 Å². The monoisotopic (exact) mass is 568 g/mol. The lowest BCUT2D eigenvalue weighted by molar-refractivity contribution is -0.150. The zero-order chi connectivity index (χ0) is 27.7. The molecule has 0 bridgehead atoms. The van der Waals surface area contributed by atoms with Gasteiger partial charge < -0.3 is 24.5 Å². The highest BCUT2D eigenvalue weighted by Gasteiger charge is 2.56. The van der Waals surface area contributed by atoms with Crippen molar-refractivity contribution >= 4 is 31.3 Å². The largest absolute Gasteiger partial charge is 0.462 e. The van der Waals surface area contributed by atoms with Crippen molar-refractivity contribution in [3.05, 3.63) is 53.1 Å². The first kappa shape index (κ1) is 28.6. The fourth-order valence-corrected chi connectivity index (χ4v) is 7.29. The third-order valence-electron chi connectivity index (χ3n) is 5.69. The van der Waals surface area contributed by atoms with Crippen LogP contribution in [0.3, 0.4) is 0 Å². The van der Waals surface area contributed by atoms with Crippen molar-refractivity contribution in [3.8, 4) is 5.75 Å². The summed E-state index contributed by atoms with van der Waals surface area (Å²) in [6, 6.07) is 9.05. The van der Waals surface area contributed by atoms with Crippen LogP contribution in [0.25, 0.3) is 0 Å². The van der Waals surface area contributed by atoms with Crippen LogP contribution in [-0.2, 0) is 28.1 Å². The highest BCUT2D eigenvalue weighted by Crippen LogP contribution is 2.53. The minimum atomic E-state index is -4.08. The smallest absolute Gasteiger partial charge is 0.459 e. The summed E-state index contributed by atoms with van der Waals surface area (Å²) in [6.45, 7) is 8.42. The van der Waals surface area contributed by atoms with Crippen LogP contribution in [0.2, 0.25) is 0 Å². The molecule has 4 rings (SSSR count). The standard InChI is InChI=1S/C24H33N4O8PS/c1-14(2)33-22(29)15(3)27-37(31,36-16-9-7-6-8-10-16)32-13-17-19-20(35-24(4,5)34-19)21(38-17)28-12-11-18(25)26-23(28)30/h6-12,14-15,17,19-21H,13H2,1-5H3,(H,27,31)(H2,25,26,30)/t15-,17+,19?,20-,21+,37-/m0/s1. The van der Waals surface area contributed by atoms with Crippen LogP contribution in [-0.4, -0.2) is 57.5 Å². The van der Waals surface area contributed by atoms with Gasteiger partial charge in [0, 0.05) is 6.20 Å². The molecule has 0 amide bonds. The number of nitrogens with two attached hydrogens (primary N) is 1. The zero-order valence-corrected chi connectivity index (χ0v) is 23.5. The van der Waals surface area contributed by atoms with Gasteiger partial charge in [0.25, 0.3) is 0 Å². The van der Waals surface area contributed by atoms with Crippen molar-refractivity contribution in [2.45, 2.75) is 75.4 Å². The Bertz CT molecular complexity index is 1240. The fourth-order valence-electron chi connectivity index (χ4n) is 4.14. The highest BCUT2D eigenvalue weighted by molar-refractivity contribution is 8.00. The van der Waals surface area contributed by atoms with E-state index in [4.69, 9.17) is 29.0 Å². The van der Waals surface area contributed by atoms with E-state index in [0.717, 1.165) is 0 Å². The summed E-state index contributed by atoms with van der Waals surface area (Å²) in [6.07, 6.45) is 0.219. The number of aromatic nitrogens is 2. The molecule has 0 aliphatic carbocycles. The van der Waals surface area contributed by atoms with E-state index in [1.165, 1.54) is 29.3 Å². The van der Waals surface area contributed by atoms with Crippen LogP contribution in [0, 0.1) is 0 Å². The molecule has 0 saturated carbocycles. The van der Waals surface area contributed by atoms with Gasteiger partial charge in [-0.25, -0.2) is 9.36 Å². The lowest BCUT2D eigenvalue weighted by atomic mass is 10.1. The predicted molar refractivity (Wildman–Crippen MR) is 142 cm³/mol. The van der Waals surface area contributed by atoms with Crippen LogP contribution < -0.4 is 21.0 Å². The molecule has 38 heavy (non-hydrogen) atoms. The number of hydrogen-bond acceptors (Lipinski definition) is 11. The topological polar surface area (TPSA) is 153 Å². The van der Waals surface area contributed by atoms with Crippen molar-refractivity contribution in [3.63, 3.8) is 0 Å². The number of ether oxygens (including phenoxy) is 3. The first-order chi connectivity index (χ1) is 17.9. The van der Waals surface area contributed by atoms with Crippen LogP contribution in [0.1, 0.15) is 40.0 Å². The number of esters is 1. The lowest BCUT2D eigenvalue weighted by Crippen LogP contribution is -2.37. The van der Waals surface area contributed by atoms with Crippen LogP contribution in [0.5, 0.6) is 5.75 Å². The Morgan fingerprint density at radius 1 is 1.21 bits per heavy atom. The molecule has 3 heterocycles. The van der Waals surface area contributed by atoms with Gasteiger partial charge in [-0.1, -0.05) is 18.2 Å². The summed E-state index contributed by atoms with van der Waals surface area (Å²) < 4.78 is 44.4. The van der Waals surface area contributed by atoms with Gasteiger partial charge in [-0.05, 0) is 52.8 Å². The molecule has 2 aromatic rings. The molecule has 1 unspecified atom stereocenters. The highest BCUT2D eigenvalue weighted by atomic mass is 32.2. The Morgan fingerprint density at radius 3 is 2.55 bits per heavy atom. The number of hydrogen-bond donors (Lipinski definition) is 2. The van der Waals surface area contributed by atoms with E-state index in [-0.39, 0.29) is 18.5 Å². The summed E-state index contributed by atoms with van der Waals surface area (Å²) in [5.74, 6) is -1.09. The SMILES string of the molecule is CC(C)OC(=O)[C@H](C)N[P@](=O)(OC[C@H]1S[C@@H](n2ccc(N)nc2=O)[C@H]2OC(C)(C)OC12)Oc1ccccc1. The molecule has 2 saturated heterocycles. The molecular formula is C24H33N4O8PS. The van der Waals surface area contributed by atoms with Gasteiger partial charge >= 0.3 is 19.4 Å². The minimum absolute atomic E-state index is 0.0953. The Balaban J connectivity index is 1.55. The van der Waals surface area contributed by atoms with Crippen molar-refractivity contribution in [2.75, 3.05) is 12.3 Å². The second-order valence-corrected chi connectivity index (χ2v) is 12.8. The molecule has 1 aromatic carbocycles. The van der Waals surface area contributed by atoms with E-state index in [1.54, 1.807) is 64.2 Å². The van der Waals surface area contributed by atoms with Gasteiger partial charge in [0.15, 0.2) is 5.79 Å². The van der Waals surface area contributed by atoms with Gasteiger partial charge in [0.2, 0.25) is 0 Å². The normalized spacial score (nSPS) is 26.5. The van der Waals surface area contributed by atoms with E-state index < -0.39 is 54.1 Å². The molecule has 2 fully saturated rings. The number of anilines is 1. The molecule has 0 spiro atoms. The number of fused-ring (bicyclic) bond motifs is 1. The van der Waals surface area contributed by atoms with E-state index in [1.807, 2.05) is 0 Å². The van der Waals surface area contributed by atoms with E-state index in [9.17, 15) is 14.2 Å². The maximum Gasteiger partial charge on any atom is 0.459 e. The summed E-state index contributed by atoms with van der Waals surface area (Å²) in [5.41, 5.74) is 5.14. The van der Waals surface area contributed by atoms with Gasteiger partial charge in [-0.2, -0.15) is 10.1 Å². The summed E-state index contributed by atoms with van der Waals surface area (Å²) in [5, 5.41) is 1.79. The molecule has 208 valence electrons. The van der Waals surface area contributed by atoms with Crippen LogP contribution in [0.15, 0.2) is 47.4 Å². The second-order valence-electron chi connectivity index (χ2n) is 9.71. The summed E-state index contributed by atoms with van der Waals surface area (Å²) in [7, 11) is -4.08. The number of thioether (sulfide) groups is 1. The van der Waals surface area contributed by atoms with Crippen LogP contribution in [0.4, 0.5) is 5.82 Å². The number of nitrogens with one attached hydrogen (secondary N) is 1. The van der Waals surface area contributed by atoms with Gasteiger partial charge in [-0.3, -0.25) is 13.9 Å². The van der Waals surface area contributed by atoms with Crippen molar-refractivity contribution in [2.24, 2.45) is 0 Å². The Hall–Kier alpha value is -2.41. The zero-order valence-electron chi connectivity index (χ0n) is 21.8. The molecule has 6 atom stereocenters. The third-order valence-corrected chi connectivity index (χ3v) is 8.86. The van der Waals surface area contributed by atoms with E-state index >= 15 is 0 Å². The predicted octanol–water partition coefficient (Wildman–Crippen LogP) is 3.09. The number of para-hydroxylation sites is 1. The number of benzene rings is 1. The average Bonchev–Trinajstić information content (AvgIpc) is 3.31. The average molecular weight is 569 g/mol. The third kappa shape index (κ3) is 6.77. The number of nitrogens with zero attached hydrogens (tertiary/aromatic N) is 2. The molecule has 2 aliphatic rings. The second kappa shape index (κ2) is 11.4. The molecule has 14 heteroatoms. The molecule has 2 aliphatic heterocycles. The summed E-state index contributed by atoms with van der Waals surface area (Å²) >= 11 is 1.37. The first-order valence-electron chi connectivity index (χ1n) is 12.2. The quantitative estimate of drug-likeness (QED) is 0.320. The Labute approximate surface area is 225 Å². The number of rotatable bonds is 10. The number of nitrogen functional groups attached to an aromatic ring is 1. The number of carbonyl (C=O) groups excluding carboxylic acids is 1. The lowest BCUT2D eigenvalue weighted by Gasteiger charge is -2.26. The van der Waals surface area contributed by atoms with Crippen molar-refractivity contribution in [1.82, 2.24) is 14.6 Å². The van der Waals surface area contributed by atoms with Gasteiger partial charge in [0.1, 0.15) is 35.2 Å².